The molecule has 0 saturated heterocycles. The number of aryl methyl sites for hydroxylation is 1. The lowest BCUT2D eigenvalue weighted by atomic mass is 9.89. The van der Waals surface area contributed by atoms with Crippen molar-refractivity contribution in [1.29, 1.82) is 0 Å². The summed E-state index contributed by atoms with van der Waals surface area (Å²) >= 11 is 0. The van der Waals surface area contributed by atoms with Gasteiger partial charge < -0.3 is 14.6 Å². The van der Waals surface area contributed by atoms with Gasteiger partial charge in [0.05, 0.1) is 0 Å². The molecule has 4 aromatic rings. The van der Waals surface area contributed by atoms with E-state index in [1.54, 1.807) is 6.07 Å². The first kappa shape index (κ1) is 26.7. The predicted molar refractivity (Wildman–Crippen MR) is 151 cm³/mol. The van der Waals surface area contributed by atoms with E-state index in [4.69, 9.17) is 0 Å². The predicted octanol–water partition coefficient (Wildman–Crippen LogP) is 6.38. The number of hydrogen-bond donors (Lipinski definition) is 1. The zero-order valence-corrected chi connectivity index (χ0v) is 22.4. The van der Waals surface area contributed by atoms with Crippen molar-refractivity contribution in [3.05, 3.63) is 107 Å². The zero-order chi connectivity index (χ0) is 27.4. The monoisotopic (exact) mass is 526 g/mol. The van der Waals surface area contributed by atoms with Crippen LogP contribution in [0.2, 0.25) is 0 Å². The van der Waals surface area contributed by atoms with E-state index in [2.05, 4.69) is 12.1 Å². The Bertz CT molecular complexity index is 1450. The Morgan fingerprint density at radius 1 is 1.00 bits per heavy atom. The van der Waals surface area contributed by atoms with Crippen LogP contribution in [0.1, 0.15) is 54.6 Å². The maximum Gasteiger partial charge on any atom is 0.326 e. The van der Waals surface area contributed by atoms with Crippen molar-refractivity contribution >= 4 is 22.8 Å². The van der Waals surface area contributed by atoms with Crippen LogP contribution in [0.4, 0.5) is 4.39 Å². The van der Waals surface area contributed by atoms with E-state index < -0.39 is 12.0 Å². The van der Waals surface area contributed by atoms with Crippen molar-refractivity contribution in [3.63, 3.8) is 0 Å². The Hall–Kier alpha value is -3.93. The normalized spacial score (nSPS) is 15.6. The molecule has 3 aromatic carbocycles. The second kappa shape index (κ2) is 11.9. The number of halogens is 1. The number of rotatable bonds is 10. The van der Waals surface area contributed by atoms with Gasteiger partial charge >= 0.3 is 5.97 Å². The van der Waals surface area contributed by atoms with Gasteiger partial charge in [-0.3, -0.25) is 4.79 Å². The highest BCUT2D eigenvalue weighted by Crippen LogP contribution is 2.37. The molecule has 1 aliphatic rings. The van der Waals surface area contributed by atoms with Crippen LogP contribution >= 0.6 is 0 Å². The zero-order valence-electron chi connectivity index (χ0n) is 22.4. The Labute approximate surface area is 228 Å². The van der Waals surface area contributed by atoms with Gasteiger partial charge in [0.2, 0.25) is 5.91 Å². The number of carboxylic acids is 1. The molecule has 1 aromatic heterocycles. The van der Waals surface area contributed by atoms with Crippen molar-refractivity contribution in [2.45, 2.75) is 64.0 Å². The van der Waals surface area contributed by atoms with Crippen molar-refractivity contribution in [2.24, 2.45) is 0 Å². The average molecular weight is 527 g/mol. The first-order valence-electron chi connectivity index (χ1n) is 13.9. The number of amides is 1. The molecule has 5 rings (SSSR count). The molecule has 5 nitrogen and oxygen atoms in total. The number of nitrogens with zero attached hydrogens (tertiary/aromatic N) is 2. The molecule has 0 bridgehead atoms. The standard InChI is InChI=1S/C33H35FN2O3/c1-2-29(33(38)39)36-30-16-14-25(34)21-27(30)28-22-26(15-17-31(28)36)35(20-19-24-11-7-4-8-12-24)32(37)18-13-23-9-5-3-6-10-23/h3-12,14,16,21,26,29H,2,13,15,17-20,22H2,1H3,(H,38,39). The average Bonchev–Trinajstić information content (AvgIpc) is 3.26. The molecule has 0 fully saturated rings. The largest absolute Gasteiger partial charge is 0.480 e. The first-order chi connectivity index (χ1) is 19.0. The number of hydrogen-bond acceptors (Lipinski definition) is 2. The van der Waals surface area contributed by atoms with Gasteiger partial charge in [0.15, 0.2) is 0 Å². The number of benzene rings is 3. The van der Waals surface area contributed by atoms with Crippen LogP contribution in [0.3, 0.4) is 0 Å². The fourth-order valence-electron chi connectivity index (χ4n) is 6.08. The van der Waals surface area contributed by atoms with Crippen LogP contribution in [0, 0.1) is 5.82 Å². The van der Waals surface area contributed by atoms with Crippen LogP contribution in [-0.4, -0.2) is 39.0 Å². The highest BCUT2D eigenvalue weighted by Gasteiger charge is 2.33. The molecule has 1 N–H and O–H groups in total. The summed E-state index contributed by atoms with van der Waals surface area (Å²) in [4.78, 5) is 27.9. The van der Waals surface area contributed by atoms with E-state index in [0.717, 1.165) is 40.6 Å². The van der Waals surface area contributed by atoms with Crippen molar-refractivity contribution < 1.29 is 19.1 Å². The van der Waals surface area contributed by atoms with Gasteiger partial charge in [-0.1, -0.05) is 67.6 Å². The smallest absolute Gasteiger partial charge is 0.326 e. The first-order valence-corrected chi connectivity index (χ1v) is 13.9. The Kier molecular flexibility index (Phi) is 8.10. The molecule has 1 heterocycles. The maximum absolute atomic E-state index is 14.4. The number of carbonyl (C=O) groups is 2. The van der Waals surface area contributed by atoms with Crippen LogP contribution in [0.15, 0.2) is 78.9 Å². The summed E-state index contributed by atoms with van der Waals surface area (Å²) in [5, 5.41) is 10.7. The molecule has 1 aliphatic carbocycles. The van der Waals surface area contributed by atoms with E-state index >= 15 is 0 Å². The minimum atomic E-state index is -0.885. The van der Waals surface area contributed by atoms with Crippen LogP contribution < -0.4 is 0 Å². The molecule has 6 heteroatoms. The molecule has 2 atom stereocenters. The van der Waals surface area contributed by atoms with Gasteiger partial charge in [-0.05, 0) is 73.4 Å². The van der Waals surface area contributed by atoms with Gasteiger partial charge in [0, 0.05) is 35.6 Å². The Morgan fingerprint density at radius 3 is 2.31 bits per heavy atom. The topological polar surface area (TPSA) is 62.5 Å². The lowest BCUT2D eigenvalue weighted by molar-refractivity contribution is -0.141. The quantitative estimate of drug-likeness (QED) is 0.261. The fraction of sp³-hybridized carbons (Fsp3) is 0.333. The van der Waals surface area contributed by atoms with Gasteiger partial charge in [-0.15, -0.1) is 0 Å². The lowest BCUT2D eigenvalue weighted by Crippen LogP contribution is -2.44. The number of fused-ring (bicyclic) bond motifs is 3. The number of carbonyl (C=O) groups excluding carboxylic acids is 1. The summed E-state index contributed by atoms with van der Waals surface area (Å²) in [5.74, 6) is -1.10. The minimum absolute atomic E-state index is 0.0308. The molecule has 0 saturated carbocycles. The third kappa shape index (κ3) is 5.75. The van der Waals surface area contributed by atoms with Crippen molar-refractivity contribution in [3.8, 4) is 0 Å². The third-order valence-corrected chi connectivity index (χ3v) is 8.04. The van der Waals surface area contributed by atoms with E-state index in [-0.39, 0.29) is 17.8 Å². The molecule has 0 radical (unpaired) electrons. The van der Waals surface area contributed by atoms with E-state index in [1.165, 1.54) is 17.7 Å². The summed E-state index contributed by atoms with van der Waals surface area (Å²) in [6.45, 7) is 2.47. The fourth-order valence-corrected chi connectivity index (χ4v) is 6.08. The van der Waals surface area contributed by atoms with Gasteiger partial charge in [0.25, 0.3) is 0 Å². The van der Waals surface area contributed by atoms with Crippen molar-refractivity contribution in [1.82, 2.24) is 9.47 Å². The van der Waals surface area contributed by atoms with Gasteiger partial charge in [-0.2, -0.15) is 0 Å². The molecule has 2 unspecified atom stereocenters. The lowest BCUT2D eigenvalue weighted by Gasteiger charge is -2.35. The highest BCUT2D eigenvalue weighted by atomic mass is 19.1. The summed E-state index contributed by atoms with van der Waals surface area (Å²) < 4.78 is 16.3. The molecule has 0 aliphatic heterocycles. The Balaban J connectivity index is 1.46. The van der Waals surface area contributed by atoms with E-state index in [9.17, 15) is 19.1 Å². The van der Waals surface area contributed by atoms with Gasteiger partial charge in [0.1, 0.15) is 11.9 Å². The van der Waals surface area contributed by atoms with Crippen LogP contribution in [0.5, 0.6) is 0 Å². The number of aliphatic carboxylic acids is 1. The summed E-state index contributed by atoms with van der Waals surface area (Å²) in [7, 11) is 0. The van der Waals surface area contributed by atoms with E-state index in [1.807, 2.05) is 64.9 Å². The molecular formula is C33H35FN2O3. The Morgan fingerprint density at radius 2 is 1.67 bits per heavy atom. The van der Waals surface area contributed by atoms with Crippen LogP contribution in [-0.2, 0) is 35.3 Å². The highest BCUT2D eigenvalue weighted by molar-refractivity contribution is 5.88. The molecular weight excluding hydrogens is 491 g/mol. The van der Waals surface area contributed by atoms with Crippen LogP contribution in [0.25, 0.3) is 10.9 Å². The van der Waals surface area contributed by atoms with Crippen molar-refractivity contribution in [2.75, 3.05) is 6.54 Å². The number of carboxylic acid groups (broad SMARTS) is 1. The molecule has 202 valence electrons. The summed E-state index contributed by atoms with van der Waals surface area (Å²) in [6.07, 6.45) is 4.28. The van der Waals surface area contributed by atoms with E-state index in [0.29, 0.717) is 38.6 Å². The maximum atomic E-state index is 14.4. The SMILES string of the molecule is CCC(C(=O)O)n1c2c(c3cc(F)ccc31)CC(N(CCc1ccccc1)C(=O)CCc1ccccc1)CC2. The summed E-state index contributed by atoms with van der Waals surface area (Å²) in [6, 6.07) is 24.1. The number of aromatic nitrogens is 1. The second-order valence-corrected chi connectivity index (χ2v) is 10.4. The molecule has 1 amide bonds. The molecule has 39 heavy (non-hydrogen) atoms. The second-order valence-electron chi connectivity index (χ2n) is 10.4. The van der Waals surface area contributed by atoms with Gasteiger partial charge in [-0.25, -0.2) is 9.18 Å². The summed E-state index contributed by atoms with van der Waals surface area (Å²) in [5.41, 5.74) is 5.00. The molecule has 0 spiro atoms. The minimum Gasteiger partial charge on any atom is -0.480 e. The third-order valence-electron chi connectivity index (χ3n) is 8.04.